The van der Waals surface area contributed by atoms with Crippen molar-refractivity contribution in [1.29, 1.82) is 0 Å². The van der Waals surface area contributed by atoms with Crippen LogP contribution in [0.1, 0.15) is 30.9 Å². The summed E-state index contributed by atoms with van der Waals surface area (Å²) >= 11 is 10.1. The second kappa shape index (κ2) is 9.60. The molecule has 2 atom stereocenters. The van der Waals surface area contributed by atoms with Gasteiger partial charge < -0.3 is 16.0 Å². The van der Waals surface area contributed by atoms with Crippen LogP contribution < -0.4 is 16.0 Å². The van der Waals surface area contributed by atoms with E-state index in [0.29, 0.717) is 22.8 Å². The molecule has 1 saturated heterocycles. The summed E-state index contributed by atoms with van der Waals surface area (Å²) in [5.41, 5.74) is 1.98. The van der Waals surface area contributed by atoms with Crippen molar-refractivity contribution in [2.45, 2.75) is 36.2 Å². The van der Waals surface area contributed by atoms with E-state index in [9.17, 15) is 4.39 Å². The summed E-state index contributed by atoms with van der Waals surface area (Å²) < 4.78 is 13.5. The van der Waals surface area contributed by atoms with E-state index < -0.39 is 0 Å². The molecular formula is C20H25ClFN3S. The van der Waals surface area contributed by atoms with Crippen molar-refractivity contribution in [3.05, 3.63) is 58.9 Å². The summed E-state index contributed by atoms with van der Waals surface area (Å²) in [7, 11) is 0. The van der Waals surface area contributed by atoms with Crippen LogP contribution in [-0.2, 0) is 0 Å². The molecule has 1 heterocycles. The molecule has 26 heavy (non-hydrogen) atoms. The number of halogens is 2. The normalized spacial score (nSPS) is 19.7. The van der Waals surface area contributed by atoms with Gasteiger partial charge in [-0.05, 0) is 43.5 Å². The smallest absolute Gasteiger partial charge is 0.138 e. The molecule has 2 aromatic rings. The maximum atomic E-state index is 13.5. The van der Waals surface area contributed by atoms with Gasteiger partial charge in [0.25, 0.3) is 0 Å². The van der Waals surface area contributed by atoms with Crippen LogP contribution in [0, 0.1) is 5.82 Å². The fourth-order valence-corrected chi connectivity index (χ4v) is 3.78. The average molecular weight is 394 g/mol. The highest BCUT2D eigenvalue weighted by Crippen LogP contribution is 2.27. The molecule has 140 valence electrons. The predicted octanol–water partition coefficient (Wildman–Crippen LogP) is 4.65. The second-order valence-corrected chi connectivity index (χ2v) is 7.56. The van der Waals surface area contributed by atoms with Gasteiger partial charge in [0.2, 0.25) is 0 Å². The first kappa shape index (κ1) is 19.5. The van der Waals surface area contributed by atoms with E-state index in [4.69, 9.17) is 11.6 Å². The number of nitrogens with one attached hydrogen (secondary N) is 3. The van der Waals surface area contributed by atoms with Crippen LogP contribution in [-0.4, -0.2) is 25.7 Å². The third-order valence-electron chi connectivity index (χ3n) is 4.72. The number of rotatable bonds is 8. The third-order valence-corrected chi connectivity index (χ3v) is 5.38. The number of hydrogen-bond donors (Lipinski definition) is 4. The van der Waals surface area contributed by atoms with E-state index in [2.05, 4.69) is 58.9 Å². The van der Waals surface area contributed by atoms with Crippen LogP contribution >= 0.6 is 24.2 Å². The SMILES string of the molecule is Fc1cc(NCCCCN[C@H]2CN[C@H](c3ccccc3)C2)c(Cl)cc1S. The lowest BCUT2D eigenvalue weighted by Crippen LogP contribution is -2.31. The molecule has 0 radical (unpaired) electrons. The minimum absolute atomic E-state index is 0.267. The van der Waals surface area contributed by atoms with Crippen molar-refractivity contribution in [3.63, 3.8) is 0 Å². The van der Waals surface area contributed by atoms with Gasteiger partial charge in [0, 0.05) is 30.1 Å². The molecule has 3 nitrogen and oxygen atoms in total. The molecule has 0 unspecified atom stereocenters. The fraction of sp³-hybridized carbons (Fsp3) is 0.400. The van der Waals surface area contributed by atoms with Gasteiger partial charge in [0.1, 0.15) is 5.82 Å². The molecule has 1 fully saturated rings. The summed E-state index contributed by atoms with van der Waals surface area (Å²) in [6.45, 7) is 2.75. The molecule has 0 spiro atoms. The Morgan fingerprint density at radius 2 is 1.92 bits per heavy atom. The Morgan fingerprint density at radius 3 is 2.73 bits per heavy atom. The standard InChI is InChI=1S/C20H25ClFN3S/c21-16-11-20(26)17(22)12-19(16)24-9-5-4-8-23-15-10-18(25-13-15)14-6-2-1-3-7-14/h1-3,6-7,11-12,15,18,23-26H,4-5,8-10,13H2/t15-,18+/m1/s1. The van der Waals surface area contributed by atoms with E-state index in [1.54, 1.807) is 0 Å². The molecule has 3 rings (SSSR count). The van der Waals surface area contributed by atoms with Gasteiger partial charge in [-0.2, -0.15) is 0 Å². The van der Waals surface area contributed by atoms with E-state index in [0.717, 1.165) is 38.9 Å². The Bertz CT molecular complexity index is 714. The van der Waals surface area contributed by atoms with Crippen LogP contribution in [0.2, 0.25) is 5.02 Å². The number of hydrogen-bond acceptors (Lipinski definition) is 4. The number of unbranched alkanes of at least 4 members (excludes halogenated alkanes) is 1. The fourth-order valence-electron chi connectivity index (χ4n) is 3.28. The quantitative estimate of drug-likeness (QED) is 0.389. The Balaban J connectivity index is 1.31. The van der Waals surface area contributed by atoms with Gasteiger partial charge in [0.15, 0.2) is 0 Å². The topological polar surface area (TPSA) is 36.1 Å². The van der Waals surface area contributed by atoms with E-state index in [1.165, 1.54) is 17.7 Å². The first-order chi connectivity index (χ1) is 12.6. The minimum atomic E-state index is -0.358. The highest BCUT2D eigenvalue weighted by molar-refractivity contribution is 7.80. The molecule has 2 aromatic carbocycles. The second-order valence-electron chi connectivity index (χ2n) is 6.68. The highest BCUT2D eigenvalue weighted by Gasteiger charge is 2.24. The van der Waals surface area contributed by atoms with Crippen LogP contribution in [0.15, 0.2) is 47.4 Å². The summed E-state index contributed by atoms with van der Waals surface area (Å²) in [5, 5.41) is 10.9. The van der Waals surface area contributed by atoms with Gasteiger partial charge >= 0.3 is 0 Å². The molecule has 0 bridgehead atoms. The summed E-state index contributed by atoms with van der Waals surface area (Å²) in [5.74, 6) is -0.358. The van der Waals surface area contributed by atoms with Crippen molar-refractivity contribution in [1.82, 2.24) is 10.6 Å². The first-order valence-corrected chi connectivity index (χ1v) is 9.89. The molecule has 3 N–H and O–H groups in total. The van der Waals surface area contributed by atoms with Crippen LogP contribution in [0.25, 0.3) is 0 Å². The van der Waals surface area contributed by atoms with Crippen molar-refractivity contribution in [3.8, 4) is 0 Å². The van der Waals surface area contributed by atoms with Gasteiger partial charge in [0.05, 0.1) is 10.7 Å². The lowest BCUT2D eigenvalue weighted by atomic mass is 10.0. The molecule has 0 amide bonds. The molecular weight excluding hydrogens is 369 g/mol. The minimum Gasteiger partial charge on any atom is -0.384 e. The summed E-state index contributed by atoms with van der Waals surface area (Å²) in [6, 6.07) is 14.5. The number of benzene rings is 2. The maximum Gasteiger partial charge on any atom is 0.138 e. The van der Waals surface area contributed by atoms with E-state index in [1.807, 2.05) is 0 Å². The molecule has 1 aliphatic heterocycles. The van der Waals surface area contributed by atoms with Gasteiger partial charge in [-0.3, -0.25) is 0 Å². The van der Waals surface area contributed by atoms with Crippen molar-refractivity contribution >= 4 is 29.9 Å². The number of anilines is 1. The zero-order valence-corrected chi connectivity index (χ0v) is 16.3. The Kier molecular flexibility index (Phi) is 7.20. The van der Waals surface area contributed by atoms with Crippen molar-refractivity contribution in [2.75, 3.05) is 25.0 Å². The molecule has 6 heteroatoms. The Labute approximate surface area is 165 Å². The molecule has 1 aliphatic rings. The van der Waals surface area contributed by atoms with Gasteiger partial charge in [-0.25, -0.2) is 4.39 Å². The van der Waals surface area contributed by atoms with Gasteiger partial charge in [-0.1, -0.05) is 41.9 Å². The van der Waals surface area contributed by atoms with Crippen LogP contribution in [0.4, 0.5) is 10.1 Å². The zero-order valence-electron chi connectivity index (χ0n) is 14.6. The van der Waals surface area contributed by atoms with Crippen LogP contribution in [0.3, 0.4) is 0 Å². The van der Waals surface area contributed by atoms with Gasteiger partial charge in [-0.15, -0.1) is 12.6 Å². The van der Waals surface area contributed by atoms with Crippen LogP contribution in [0.5, 0.6) is 0 Å². The lowest BCUT2D eigenvalue weighted by Gasteiger charge is -2.13. The van der Waals surface area contributed by atoms with E-state index in [-0.39, 0.29) is 10.7 Å². The largest absolute Gasteiger partial charge is 0.384 e. The van der Waals surface area contributed by atoms with E-state index >= 15 is 0 Å². The van der Waals surface area contributed by atoms with Crippen molar-refractivity contribution in [2.24, 2.45) is 0 Å². The summed E-state index contributed by atoms with van der Waals surface area (Å²) in [6.07, 6.45) is 3.17. The first-order valence-electron chi connectivity index (χ1n) is 9.07. The Hall–Kier alpha value is -1.27. The maximum absolute atomic E-state index is 13.5. The summed E-state index contributed by atoms with van der Waals surface area (Å²) in [4.78, 5) is 0.267. The van der Waals surface area contributed by atoms with Crippen molar-refractivity contribution < 1.29 is 4.39 Å². The number of thiol groups is 1. The predicted molar refractivity (Wildman–Crippen MR) is 110 cm³/mol. The average Bonchev–Trinajstić information content (AvgIpc) is 3.12. The highest BCUT2D eigenvalue weighted by atomic mass is 35.5. The monoisotopic (exact) mass is 393 g/mol. The Morgan fingerprint density at radius 1 is 1.15 bits per heavy atom. The molecule has 0 aromatic heterocycles. The third kappa shape index (κ3) is 5.36. The lowest BCUT2D eigenvalue weighted by molar-refractivity contribution is 0.521. The zero-order chi connectivity index (χ0) is 18.4. The molecule has 0 aliphatic carbocycles. The molecule has 0 saturated carbocycles.